The predicted octanol–water partition coefficient (Wildman–Crippen LogP) is 2.89. The molecule has 0 fully saturated rings. The molecule has 1 aromatic carbocycles. The number of fused-ring (bicyclic) bond motifs is 1. The van der Waals surface area contributed by atoms with Crippen molar-refractivity contribution < 1.29 is 4.79 Å². The maximum Gasteiger partial charge on any atom is 0.315 e. The molecular weight excluding hydrogens is 290 g/mol. The number of carbonyl (C=O) groups is 1. The first-order chi connectivity index (χ1) is 9.69. The van der Waals surface area contributed by atoms with E-state index >= 15 is 0 Å². The molecule has 0 aliphatic rings. The zero-order valence-corrected chi connectivity index (χ0v) is 13.3. The van der Waals surface area contributed by atoms with Gasteiger partial charge in [-0.05, 0) is 25.3 Å². The molecule has 0 unspecified atom stereocenters. The van der Waals surface area contributed by atoms with Gasteiger partial charge in [-0.15, -0.1) is 11.3 Å². The molecule has 0 saturated carbocycles. The fourth-order valence-corrected chi connectivity index (χ4v) is 3.43. The van der Waals surface area contributed by atoms with Crippen LogP contribution in [0.3, 0.4) is 0 Å². The third-order valence-electron chi connectivity index (χ3n) is 2.76. The van der Waals surface area contributed by atoms with Gasteiger partial charge in [0, 0.05) is 24.8 Å². The molecular formula is C14H19N3OS2. The van der Waals surface area contributed by atoms with Crippen LogP contribution in [0.25, 0.3) is 10.2 Å². The second kappa shape index (κ2) is 7.50. The largest absolute Gasteiger partial charge is 0.338 e. The van der Waals surface area contributed by atoms with Crippen LogP contribution in [0.4, 0.5) is 4.79 Å². The summed E-state index contributed by atoms with van der Waals surface area (Å²) in [6.07, 6.45) is 2.80. The van der Waals surface area contributed by atoms with E-state index in [2.05, 4.69) is 21.7 Å². The number of rotatable bonds is 6. The lowest BCUT2D eigenvalue weighted by Gasteiger charge is -2.12. The molecule has 2 N–H and O–H groups in total. The summed E-state index contributed by atoms with van der Waals surface area (Å²) in [6.45, 7) is 2.61. The first-order valence-electron chi connectivity index (χ1n) is 6.57. The van der Waals surface area contributed by atoms with E-state index in [1.807, 2.05) is 31.4 Å². The molecule has 0 bridgehead atoms. The molecule has 2 aromatic rings. The molecule has 0 radical (unpaired) electrons. The topological polar surface area (TPSA) is 54.0 Å². The van der Waals surface area contributed by atoms with Crippen molar-refractivity contribution in [3.63, 3.8) is 0 Å². The zero-order chi connectivity index (χ0) is 14.4. The number of para-hydroxylation sites is 1. The number of nitrogens with one attached hydrogen (secondary N) is 2. The Balaban J connectivity index is 1.76. The van der Waals surface area contributed by atoms with Crippen molar-refractivity contribution in [1.82, 2.24) is 15.6 Å². The van der Waals surface area contributed by atoms with Crippen LogP contribution in [0.2, 0.25) is 0 Å². The summed E-state index contributed by atoms with van der Waals surface area (Å²) >= 11 is 3.41. The van der Waals surface area contributed by atoms with Crippen molar-refractivity contribution in [2.75, 3.05) is 18.6 Å². The monoisotopic (exact) mass is 309 g/mol. The van der Waals surface area contributed by atoms with Crippen molar-refractivity contribution in [3.8, 4) is 0 Å². The second-order valence-corrected chi connectivity index (χ2v) is 6.61. The minimum atomic E-state index is -0.104. The fraction of sp³-hybridized carbons (Fsp3) is 0.429. The third kappa shape index (κ3) is 4.38. The lowest BCUT2D eigenvalue weighted by atomic mass is 10.3. The van der Waals surface area contributed by atoms with Crippen molar-refractivity contribution in [2.45, 2.75) is 19.4 Å². The van der Waals surface area contributed by atoms with Gasteiger partial charge in [0.15, 0.2) is 0 Å². The standard InChI is InChI=1S/C14H19N3OS2/c1-10(9-19-2)16-14(18)15-8-7-13-17-11-5-3-4-6-12(11)20-13/h3-6,10H,7-9H2,1-2H3,(H2,15,16,18)/t10-/m1/s1. The van der Waals surface area contributed by atoms with Crippen LogP contribution < -0.4 is 10.6 Å². The minimum Gasteiger partial charge on any atom is -0.338 e. The average Bonchev–Trinajstić information content (AvgIpc) is 2.81. The molecule has 0 spiro atoms. The fourth-order valence-electron chi connectivity index (χ4n) is 1.88. The number of hydrogen-bond acceptors (Lipinski definition) is 4. The molecule has 0 aliphatic carbocycles. The molecule has 0 saturated heterocycles. The Kier molecular flexibility index (Phi) is 5.67. The van der Waals surface area contributed by atoms with E-state index in [9.17, 15) is 4.79 Å². The lowest BCUT2D eigenvalue weighted by molar-refractivity contribution is 0.239. The van der Waals surface area contributed by atoms with Crippen molar-refractivity contribution in [2.24, 2.45) is 0 Å². The van der Waals surface area contributed by atoms with Gasteiger partial charge < -0.3 is 10.6 Å². The zero-order valence-electron chi connectivity index (χ0n) is 11.7. The summed E-state index contributed by atoms with van der Waals surface area (Å²) in [5.41, 5.74) is 1.03. The van der Waals surface area contributed by atoms with E-state index in [1.165, 1.54) is 4.70 Å². The Hall–Kier alpha value is -1.27. The quantitative estimate of drug-likeness (QED) is 0.862. The number of urea groups is 1. The number of nitrogens with zero attached hydrogens (tertiary/aromatic N) is 1. The average molecular weight is 309 g/mol. The van der Waals surface area contributed by atoms with Gasteiger partial charge in [0.2, 0.25) is 0 Å². The maximum atomic E-state index is 11.6. The van der Waals surface area contributed by atoms with Crippen LogP contribution in [0, 0.1) is 0 Å². The number of benzene rings is 1. The molecule has 2 rings (SSSR count). The van der Waals surface area contributed by atoms with E-state index in [4.69, 9.17) is 0 Å². The Morgan fingerprint density at radius 3 is 3.00 bits per heavy atom. The molecule has 1 aromatic heterocycles. The van der Waals surface area contributed by atoms with Crippen molar-refractivity contribution in [3.05, 3.63) is 29.3 Å². The summed E-state index contributed by atoms with van der Waals surface area (Å²) in [7, 11) is 0. The molecule has 0 aliphatic heterocycles. The van der Waals surface area contributed by atoms with Crippen molar-refractivity contribution >= 4 is 39.3 Å². The van der Waals surface area contributed by atoms with Gasteiger partial charge in [0.25, 0.3) is 0 Å². The summed E-state index contributed by atoms with van der Waals surface area (Å²) < 4.78 is 1.19. The van der Waals surface area contributed by atoms with Gasteiger partial charge in [-0.1, -0.05) is 12.1 Å². The number of thiazole rings is 1. The van der Waals surface area contributed by atoms with Gasteiger partial charge in [-0.3, -0.25) is 0 Å². The Bertz CT molecular complexity index is 537. The predicted molar refractivity (Wildman–Crippen MR) is 87.7 cm³/mol. The van der Waals surface area contributed by atoms with Gasteiger partial charge >= 0.3 is 6.03 Å². The minimum absolute atomic E-state index is 0.104. The summed E-state index contributed by atoms with van der Waals surface area (Å²) in [6, 6.07) is 8.17. The molecule has 4 nitrogen and oxygen atoms in total. The summed E-state index contributed by atoms with van der Waals surface area (Å²) in [4.78, 5) is 16.2. The highest BCUT2D eigenvalue weighted by molar-refractivity contribution is 7.98. The molecule has 6 heteroatoms. The van der Waals surface area contributed by atoms with Crippen LogP contribution in [0.5, 0.6) is 0 Å². The van der Waals surface area contributed by atoms with E-state index in [-0.39, 0.29) is 12.1 Å². The normalized spacial score (nSPS) is 12.3. The summed E-state index contributed by atoms with van der Waals surface area (Å²) in [5.74, 6) is 0.922. The van der Waals surface area contributed by atoms with Gasteiger partial charge in [-0.25, -0.2) is 9.78 Å². The highest BCUT2D eigenvalue weighted by atomic mass is 32.2. The smallest absolute Gasteiger partial charge is 0.315 e. The van der Waals surface area contributed by atoms with Crippen LogP contribution in [0.15, 0.2) is 24.3 Å². The SMILES string of the molecule is CSC[C@@H](C)NC(=O)NCCc1nc2ccccc2s1. The van der Waals surface area contributed by atoms with Gasteiger partial charge in [0.05, 0.1) is 15.2 Å². The summed E-state index contributed by atoms with van der Waals surface area (Å²) in [5, 5.41) is 6.84. The highest BCUT2D eigenvalue weighted by Crippen LogP contribution is 2.21. The Morgan fingerprint density at radius 2 is 2.25 bits per heavy atom. The number of thioether (sulfide) groups is 1. The lowest BCUT2D eigenvalue weighted by Crippen LogP contribution is -2.42. The number of aromatic nitrogens is 1. The van der Waals surface area contributed by atoms with Crippen LogP contribution in [0.1, 0.15) is 11.9 Å². The highest BCUT2D eigenvalue weighted by Gasteiger charge is 2.07. The Labute approximate surface area is 127 Å². The van der Waals surface area contributed by atoms with Gasteiger partial charge in [0.1, 0.15) is 0 Å². The first kappa shape index (κ1) is 15.1. The molecule has 20 heavy (non-hydrogen) atoms. The number of carbonyl (C=O) groups excluding carboxylic acids is 1. The van der Waals surface area contributed by atoms with Crippen LogP contribution in [-0.2, 0) is 6.42 Å². The van der Waals surface area contributed by atoms with E-state index in [0.717, 1.165) is 22.7 Å². The number of hydrogen-bond donors (Lipinski definition) is 2. The van der Waals surface area contributed by atoms with Crippen molar-refractivity contribution in [1.29, 1.82) is 0 Å². The third-order valence-corrected chi connectivity index (χ3v) is 4.69. The van der Waals surface area contributed by atoms with E-state index < -0.39 is 0 Å². The van der Waals surface area contributed by atoms with E-state index in [1.54, 1.807) is 23.1 Å². The molecule has 1 atom stereocenters. The second-order valence-electron chi connectivity index (χ2n) is 4.58. The molecule has 2 amide bonds. The Morgan fingerprint density at radius 1 is 1.45 bits per heavy atom. The molecule has 108 valence electrons. The maximum absolute atomic E-state index is 11.6. The van der Waals surface area contributed by atoms with Crippen LogP contribution in [-0.4, -0.2) is 35.6 Å². The molecule has 1 heterocycles. The van der Waals surface area contributed by atoms with Gasteiger partial charge in [-0.2, -0.15) is 11.8 Å². The number of amides is 2. The first-order valence-corrected chi connectivity index (χ1v) is 8.78. The van der Waals surface area contributed by atoms with E-state index in [0.29, 0.717) is 6.54 Å². The van der Waals surface area contributed by atoms with Crippen LogP contribution >= 0.6 is 23.1 Å².